The summed E-state index contributed by atoms with van der Waals surface area (Å²) in [7, 11) is 0. The molecule has 0 aliphatic rings. The summed E-state index contributed by atoms with van der Waals surface area (Å²) in [4.78, 5) is 1.34. The molecule has 0 saturated heterocycles. The maximum absolute atomic E-state index is 5.56. The smallest absolute Gasteiger partial charge is 0.119 e. The highest BCUT2D eigenvalue weighted by Gasteiger charge is 1.98. The number of benzene rings is 1. The van der Waals surface area contributed by atoms with E-state index in [0.717, 1.165) is 36.3 Å². The Morgan fingerprint density at radius 3 is 2.63 bits per heavy atom. The monoisotopic (exact) mass is 339 g/mol. The molecule has 0 bridgehead atoms. The normalized spacial score (nSPS) is 10.6. The summed E-state index contributed by atoms with van der Waals surface area (Å²) in [5.74, 6) is 0.952. The van der Waals surface area contributed by atoms with Crippen LogP contribution < -0.4 is 10.1 Å². The molecule has 0 fully saturated rings. The van der Waals surface area contributed by atoms with Crippen LogP contribution in [0.4, 0.5) is 0 Å². The Hall–Kier alpha value is -0.840. The largest absolute Gasteiger partial charge is 0.494 e. The lowest BCUT2D eigenvalue weighted by molar-refractivity contribution is 0.317. The van der Waals surface area contributed by atoms with Crippen LogP contribution >= 0.6 is 27.3 Å². The van der Waals surface area contributed by atoms with Crippen molar-refractivity contribution in [1.82, 2.24) is 5.32 Å². The molecule has 102 valence electrons. The van der Waals surface area contributed by atoms with Crippen molar-refractivity contribution in [3.8, 4) is 5.75 Å². The van der Waals surface area contributed by atoms with Crippen LogP contribution in [0.25, 0.3) is 0 Å². The SMILES string of the molecule is CCCOc1ccc(CNCc2cc(Br)cs2)cc1. The molecule has 4 heteroatoms. The first-order valence-electron chi connectivity index (χ1n) is 6.43. The van der Waals surface area contributed by atoms with Crippen LogP contribution in [0, 0.1) is 0 Å². The number of rotatable bonds is 7. The Balaban J connectivity index is 1.76. The van der Waals surface area contributed by atoms with E-state index in [2.05, 4.69) is 51.7 Å². The predicted octanol–water partition coefficient (Wildman–Crippen LogP) is 4.59. The van der Waals surface area contributed by atoms with Gasteiger partial charge in [-0.2, -0.15) is 0 Å². The van der Waals surface area contributed by atoms with Gasteiger partial charge < -0.3 is 10.1 Å². The summed E-state index contributed by atoms with van der Waals surface area (Å²) in [6.45, 7) is 4.68. The fourth-order valence-electron chi connectivity index (χ4n) is 1.70. The van der Waals surface area contributed by atoms with Gasteiger partial charge in [-0.15, -0.1) is 11.3 Å². The Morgan fingerprint density at radius 1 is 1.21 bits per heavy atom. The molecule has 0 amide bonds. The number of halogens is 1. The molecule has 2 rings (SSSR count). The van der Waals surface area contributed by atoms with Gasteiger partial charge >= 0.3 is 0 Å². The fraction of sp³-hybridized carbons (Fsp3) is 0.333. The summed E-state index contributed by atoms with van der Waals surface area (Å²) < 4.78 is 6.72. The Kier molecular flexibility index (Phi) is 5.89. The molecule has 1 heterocycles. The topological polar surface area (TPSA) is 21.3 Å². The highest BCUT2D eigenvalue weighted by Crippen LogP contribution is 2.19. The zero-order valence-corrected chi connectivity index (χ0v) is 13.4. The zero-order valence-electron chi connectivity index (χ0n) is 11.0. The minimum Gasteiger partial charge on any atom is -0.494 e. The Labute approximate surface area is 126 Å². The van der Waals surface area contributed by atoms with Crippen molar-refractivity contribution in [2.45, 2.75) is 26.4 Å². The van der Waals surface area contributed by atoms with Gasteiger partial charge in [-0.05, 0) is 46.1 Å². The van der Waals surface area contributed by atoms with E-state index in [0.29, 0.717) is 0 Å². The number of hydrogen-bond acceptors (Lipinski definition) is 3. The van der Waals surface area contributed by atoms with Crippen LogP contribution in [0.5, 0.6) is 5.75 Å². The second kappa shape index (κ2) is 7.68. The lowest BCUT2D eigenvalue weighted by atomic mass is 10.2. The van der Waals surface area contributed by atoms with Gasteiger partial charge in [0, 0.05) is 27.8 Å². The highest BCUT2D eigenvalue weighted by molar-refractivity contribution is 9.10. The molecule has 2 nitrogen and oxygen atoms in total. The van der Waals surface area contributed by atoms with Crippen LogP contribution in [-0.2, 0) is 13.1 Å². The number of thiophene rings is 1. The molecule has 0 atom stereocenters. The molecular weight excluding hydrogens is 322 g/mol. The van der Waals surface area contributed by atoms with Gasteiger partial charge in [-0.25, -0.2) is 0 Å². The average Bonchev–Trinajstić information content (AvgIpc) is 2.84. The Bertz CT molecular complexity index is 495. The summed E-state index contributed by atoms with van der Waals surface area (Å²) in [5, 5.41) is 5.55. The summed E-state index contributed by atoms with van der Waals surface area (Å²) in [6.07, 6.45) is 1.04. The van der Waals surface area contributed by atoms with Crippen LogP contribution in [0.15, 0.2) is 40.2 Å². The van der Waals surface area contributed by atoms with E-state index in [9.17, 15) is 0 Å². The second-order valence-corrected chi connectivity index (χ2v) is 6.24. The fourth-order valence-corrected chi connectivity index (χ4v) is 3.12. The van der Waals surface area contributed by atoms with Crippen LogP contribution in [0.2, 0.25) is 0 Å². The van der Waals surface area contributed by atoms with E-state index in [1.54, 1.807) is 11.3 Å². The molecule has 0 spiro atoms. The summed E-state index contributed by atoms with van der Waals surface area (Å²) in [5.41, 5.74) is 1.28. The third kappa shape index (κ3) is 4.97. The highest BCUT2D eigenvalue weighted by atomic mass is 79.9. The quantitative estimate of drug-likeness (QED) is 0.796. The lowest BCUT2D eigenvalue weighted by Crippen LogP contribution is -2.11. The van der Waals surface area contributed by atoms with E-state index < -0.39 is 0 Å². The maximum atomic E-state index is 5.56. The van der Waals surface area contributed by atoms with Crippen molar-refractivity contribution in [2.24, 2.45) is 0 Å². The molecule has 1 aromatic carbocycles. The lowest BCUT2D eigenvalue weighted by Gasteiger charge is -2.06. The van der Waals surface area contributed by atoms with E-state index in [1.165, 1.54) is 10.4 Å². The molecule has 1 N–H and O–H groups in total. The molecule has 2 aromatic rings. The third-order valence-electron chi connectivity index (χ3n) is 2.65. The first-order valence-corrected chi connectivity index (χ1v) is 8.10. The predicted molar refractivity (Wildman–Crippen MR) is 84.8 cm³/mol. The third-order valence-corrected chi connectivity index (χ3v) is 4.34. The van der Waals surface area contributed by atoms with Crippen LogP contribution in [0.3, 0.4) is 0 Å². The summed E-state index contributed by atoms with van der Waals surface area (Å²) in [6, 6.07) is 10.5. The number of hydrogen-bond donors (Lipinski definition) is 1. The van der Waals surface area contributed by atoms with E-state index in [1.807, 2.05) is 12.1 Å². The van der Waals surface area contributed by atoms with E-state index in [4.69, 9.17) is 4.74 Å². The van der Waals surface area contributed by atoms with Crippen molar-refractivity contribution in [3.63, 3.8) is 0 Å². The van der Waals surface area contributed by atoms with Crippen molar-refractivity contribution in [2.75, 3.05) is 6.61 Å². The molecule has 19 heavy (non-hydrogen) atoms. The molecule has 0 aliphatic heterocycles. The first-order chi connectivity index (χ1) is 9.28. The zero-order chi connectivity index (χ0) is 13.5. The number of ether oxygens (including phenoxy) is 1. The Morgan fingerprint density at radius 2 is 2.00 bits per heavy atom. The van der Waals surface area contributed by atoms with Gasteiger partial charge in [-0.3, -0.25) is 0 Å². The molecular formula is C15H18BrNOS. The van der Waals surface area contributed by atoms with E-state index in [-0.39, 0.29) is 0 Å². The maximum Gasteiger partial charge on any atom is 0.119 e. The first kappa shape index (κ1) is 14.6. The van der Waals surface area contributed by atoms with Crippen molar-refractivity contribution in [3.05, 3.63) is 50.6 Å². The molecule has 0 aliphatic carbocycles. The van der Waals surface area contributed by atoms with Crippen LogP contribution in [0.1, 0.15) is 23.8 Å². The van der Waals surface area contributed by atoms with Crippen molar-refractivity contribution in [1.29, 1.82) is 0 Å². The van der Waals surface area contributed by atoms with Gasteiger partial charge in [0.2, 0.25) is 0 Å². The second-order valence-electron chi connectivity index (χ2n) is 4.33. The van der Waals surface area contributed by atoms with Gasteiger partial charge in [0.05, 0.1) is 6.61 Å². The van der Waals surface area contributed by atoms with Gasteiger partial charge in [0.25, 0.3) is 0 Å². The van der Waals surface area contributed by atoms with Gasteiger partial charge in [-0.1, -0.05) is 19.1 Å². The molecule has 0 saturated carbocycles. The molecule has 1 aromatic heterocycles. The van der Waals surface area contributed by atoms with Gasteiger partial charge in [0.1, 0.15) is 5.75 Å². The molecule has 0 unspecified atom stereocenters. The number of nitrogens with one attached hydrogen (secondary N) is 1. The van der Waals surface area contributed by atoms with Crippen molar-refractivity contribution < 1.29 is 4.74 Å². The molecule has 0 radical (unpaired) electrons. The standard InChI is InChI=1S/C15H18BrNOS/c1-2-7-18-14-5-3-12(4-6-14)9-17-10-15-8-13(16)11-19-15/h3-6,8,11,17H,2,7,9-10H2,1H3. The minimum absolute atomic E-state index is 0.783. The average molecular weight is 340 g/mol. The van der Waals surface area contributed by atoms with Crippen LogP contribution in [-0.4, -0.2) is 6.61 Å². The summed E-state index contributed by atoms with van der Waals surface area (Å²) >= 11 is 5.23. The van der Waals surface area contributed by atoms with E-state index >= 15 is 0 Å². The van der Waals surface area contributed by atoms with Crippen molar-refractivity contribution >= 4 is 27.3 Å². The van der Waals surface area contributed by atoms with Gasteiger partial charge in [0.15, 0.2) is 0 Å². The minimum atomic E-state index is 0.783.